The Bertz CT molecular complexity index is 239. The van der Waals surface area contributed by atoms with E-state index in [9.17, 15) is 4.79 Å². The molecule has 0 N–H and O–H groups in total. The van der Waals surface area contributed by atoms with Crippen molar-refractivity contribution in [2.24, 2.45) is 0 Å². The molecule has 0 unspecified atom stereocenters. The zero-order valence-electron chi connectivity index (χ0n) is 8.12. The molecule has 1 aromatic carbocycles. The second-order valence-corrected chi connectivity index (χ2v) is 2.69. The number of hydrogen-bond acceptors (Lipinski definition) is 1. The largest absolute Gasteiger partial charge is 0.300 e. The van der Waals surface area contributed by atoms with Crippen LogP contribution < -0.4 is 0 Å². The summed E-state index contributed by atoms with van der Waals surface area (Å²) in [4.78, 5) is 10.6. The molecule has 0 aliphatic heterocycles. The van der Waals surface area contributed by atoms with Crippen molar-refractivity contribution in [1.82, 2.24) is 0 Å². The van der Waals surface area contributed by atoms with Crippen LogP contribution in [0.15, 0.2) is 43.5 Å². The first-order chi connectivity index (χ1) is 6.29. The molecule has 0 aromatic heterocycles. The molecular weight excluding hydrogens is 160 g/mol. The number of ketones is 1. The smallest absolute Gasteiger partial charge is 0.130 e. The number of hydrogen-bond donors (Lipinski definition) is 0. The van der Waals surface area contributed by atoms with Crippen molar-refractivity contribution < 1.29 is 4.79 Å². The van der Waals surface area contributed by atoms with Crippen molar-refractivity contribution in [3.05, 3.63) is 49.1 Å². The van der Waals surface area contributed by atoms with Gasteiger partial charge in [0, 0.05) is 6.42 Å². The molecule has 0 aliphatic rings. The Labute approximate surface area is 80.1 Å². The Balaban J connectivity index is 0.000000671. The molecule has 1 aromatic rings. The number of carbonyl (C=O) groups is 1. The molecule has 0 aliphatic carbocycles. The highest BCUT2D eigenvalue weighted by Crippen LogP contribution is 2.01. The summed E-state index contributed by atoms with van der Waals surface area (Å²) in [6, 6.07) is 10.1. The zero-order valence-corrected chi connectivity index (χ0v) is 8.12. The van der Waals surface area contributed by atoms with Crippen LogP contribution in [-0.4, -0.2) is 5.78 Å². The SMILES string of the molecule is C=C.CC(=O)CCc1ccccc1. The third-order valence-corrected chi connectivity index (χ3v) is 1.61. The first-order valence-electron chi connectivity index (χ1n) is 4.32. The molecule has 70 valence electrons. The molecule has 0 amide bonds. The first kappa shape index (κ1) is 11.6. The second kappa shape index (κ2) is 7.29. The maximum absolute atomic E-state index is 10.6. The highest BCUT2D eigenvalue weighted by molar-refractivity contribution is 5.75. The Morgan fingerprint density at radius 3 is 2.23 bits per heavy atom. The molecule has 1 heteroatoms. The van der Waals surface area contributed by atoms with Gasteiger partial charge in [0.1, 0.15) is 5.78 Å². The van der Waals surface area contributed by atoms with Gasteiger partial charge in [-0.05, 0) is 18.9 Å². The average Bonchev–Trinajstić information content (AvgIpc) is 2.19. The third kappa shape index (κ3) is 5.85. The lowest BCUT2D eigenvalue weighted by Crippen LogP contribution is -1.92. The van der Waals surface area contributed by atoms with E-state index in [0.717, 1.165) is 6.42 Å². The minimum Gasteiger partial charge on any atom is -0.300 e. The van der Waals surface area contributed by atoms with E-state index in [4.69, 9.17) is 0 Å². The monoisotopic (exact) mass is 176 g/mol. The summed E-state index contributed by atoms with van der Waals surface area (Å²) >= 11 is 0. The van der Waals surface area contributed by atoms with Crippen molar-refractivity contribution in [2.75, 3.05) is 0 Å². The summed E-state index contributed by atoms with van der Waals surface area (Å²) in [5.74, 6) is 0.258. The van der Waals surface area contributed by atoms with Crippen LogP contribution in [0.3, 0.4) is 0 Å². The van der Waals surface area contributed by atoms with E-state index in [-0.39, 0.29) is 5.78 Å². The van der Waals surface area contributed by atoms with Crippen molar-refractivity contribution >= 4 is 5.78 Å². The van der Waals surface area contributed by atoms with E-state index in [1.165, 1.54) is 5.56 Å². The minimum atomic E-state index is 0.258. The Kier molecular flexibility index (Phi) is 6.52. The summed E-state index contributed by atoms with van der Waals surface area (Å²) in [6.07, 6.45) is 1.53. The number of rotatable bonds is 3. The Hall–Kier alpha value is -1.37. The van der Waals surface area contributed by atoms with Gasteiger partial charge in [-0.2, -0.15) is 0 Å². The maximum atomic E-state index is 10.6. The summed E-state index contributed by atoms with van der Waals surface area (Å²) < 4.78 is 0. The summed E-state index contributed by atoms with van der Waals surface area (Å²) in [6.45, 7) is 7.63. The first-order valence-corrected chi connectivity index (χ1v) is 4.32. The van der Waals surface area contributed by atoms with Gasteiger partial charge in [0.15, 0.2) is 0 Å². The van der Waals surface area contributed by atoms with Gasteiger partial charge in [0.05, 0.1) is 0 Å². The molecule has 0 saturated heterocycles. The van der Waals surface area contributed by atoms with E-state index in [1.54, 1.807) is 6.92 Å². The van der Waals surface area contributed by atoms with Gasteiger partial charge in [-0.25, -0.2) is 0 Å². The van der Waals surface area contributed by atoms with Crippen molar-refractivity contribution in [2.45, 2.75) is 19.8 Å². The second-order valence-electron chi connectivity index (χ2n) is 2.69. The van der Waals surface area contributed by atoms with Crippen LogP contribution >= 0.6 is 0 Å². The molecule has 0 saturated carbocycles. The van der Waals surface area contributed by atoms with Crippen molar-refractivity contribution in [1.29, 1.82) is 0 Å². The standard InChI is InChI=1S/C10H12O.C2H4/c1-9(11)7-8-10-5-3-2-4-6-10;1-2/h2-6H,7-8H2,1H3;1-2H2. The zero-order chi connectivity index (χ0) is 10.1. The minimum absolute atomic E-state index is 0.258. The van der Waals surface area contributed by atoms with Gasteiger partial charge < -0.3 is 4.79 Å². The summed E-state index contributed by atoms with van der Waals surface area (Å²) in [5.41, 5.74) is 1.24. The van der Waals surface area contributed by atoms with Crippen LogP contribution in [-0.2, 0) is 11.2 Å². The number of benzene rings is 1. The number of Topliss-reactive ketones (excluding diaryl/α,β-unsaturated/α-hetero) is 1. The van der Waals surface area contributed by atoms with Crippen LogP contribution in [0.4, 0.5) is 0 Å². The average molecular weight is 176 g/mol. The van der Waals surface area contributed by atoms with Gasteiger partial charge in [-0.15, -0.1) is 13.2 Å². The predicted molar refractivity (Wildman–Crippen MR) is 56.7 cm³/mol. The van der Waals surface area contributed by atoms with Crippen LogP contribution in [0.2, 0.25) is 0 Å². The molecule has 0 heterocycles. The fourth-order valence-electron chi connectivity index (χ4n) is 0.965. The van der Waals surface area contributed by atoms with Crippen LogP contribution in [0.25, 0.3) is 0 Å². The lowest BCUT2D eigenvalue weighted by molar-refractivity contribution is -0.116. The normalized spacial score (nSPS) is 8.38. The van der Waals surface area contributed by atoms with Gasteiger partial charge in [0.2, 0.25) is 0 Å². The van der Waals surface area contributed by atoms with Gasteiger partial charge in [-0.1, -0.05) is 30.3 Å². The topological polar surface area (TPSA) is 17.1 Å². The molecule has 0 fully saturated rings. The molecule has 0 radical (unpaired) electrons. The summed E-state index contributed by atoms with van der Waals surface area (Å²) in [7, 11) is 0. The van der Waals surface area contributed by atoms with Crippen LogP contribution in [0.1, 0.15) is 18.9 Å². The Morgan fingerprint density at radius 2 is 1.77 bits per heavy atom. The fraction of sp³-hybridized carbons (Fsp3) is 0.250. The molecule has 0 spiro atoms. The number of carbonyl (C=O) groups excluding carboxylic acids is 1. The van der Waals surface area contributed by atoms with E-state index >= 15 is 0 Å². The van der Waals surface area contributed by atoms with Gasteiger partial charge >= 0.3 is 0 Å². The molecule has 13 heavy (non-hydrogen) atoms. The van der Waals surface area contributed by atoms with E-state index in [2.05, 4.69) is 13.2 Å². The molecule has 0 bridgehead atoms. The van der Waals surface area contributed by atoms with E-state index in [0.29, 0.717) is 6.42 Å². The van der Waals surface area contributed by atoms with Gasteiger partial charge in [0.25, 0.3) is 0 Å². The third-order valence-electron chi connectivity index (χ3n) is 1.61. The molecule has 1 nitrogen and oxygen atoms in total. The molecule has 0 atom stereocenters. The van der Waals surface area contributed by atoms with Crippen molar-refractivity contribution in [3.8, 4) is 0 Å². The Morgan fingerprint density at radius 1 is 1.23 bits per heavy atom. The fourth-order valence-corrected chi connectivity index (χ4v) is 0.965. The van der Waals surface area contributed by atoms with Crippen molar-refractivity contribution in [3.63, 3.8) is 0 Å². The van der Waals surface area contributed by atoms with Crippen LogP contribution in [0, 0.1) is 0 Å². The number of aryl methyl sites for hydroxylation is 1. The molecular formula is C12H16O. The quantitative estimate of drug-likeness (QED) is 0.647. The predicted octanol–water partition coefficient (Wildman–Crippen LogP) is 3.01. The summed E-state index contributed by atoms with van der Waals surface area (Å²) in [5, 5.41) is 0. The van der Waals surface area contributed by atoms with Gasteiger partial charge in [-0.3, -0.25) is 0 Å². The lowest BCUT2D eigenvalue weighted by Gasteiger charge is -1.96. The van der Waals surface area contributed by atoms with Crippen LogP contribution in [0.5, 0.6) is 0 Å². The lowest BCUT2D eigenvalue weighted by atomic mass is 10.1. The van der Waals surface area contributed by atoms with E-state index < -0.39 is 0 Å². The molecule has 1 rings (SSSR count). The highest BCUT2D eigenvalue weighted by atomic mass is 16.1. The maximum Gasteiger partial charge on any atom is 0.130 e. The van der Waals surface area contributed by atoms with E-state index in [1.807, 2.05) is 30.3 Å². The highest BCUT2D eigenvalue weighted by Gasteiger charge is 1.94.